The van der Waals surface area contributed by atoms with Gasteiger partial charge in [0.15, 0.2) is 5.96 Å². The fourth-order valence-electron chi connectivity index (χ4n) is 7.81. The number of hydrogen-bond donors (Lipinski definition) is 11. The SMILES string of the molecule is CCC[C@H](NC(=O)[C@@H](NC(=O)[C@H](NC(=O)[C@@H](NC(=O)CNC(=O)c1ccc(C)nc1)C(C)C)[C@@H](C)CC)[C@@H](C)O)C(=O)N[C@H](C(=O)N[C@@H](CCCN=C(N)N)C(=O)N1CCC[C@H]1C(=O)NCC)[C@@H](C)CC. The number of likely N-dealkylation sites (tertiary alicyclic amines) is 1. The molecule has 0 saturated carbocycles. The van der Waals surface area contributed by atoms with Crippen LogP contribution in [0.5, 0.6) is 0 Å². The zero-order valence-electron chi connectivity index (χ0n) is 43.2. The van der Waals surface area contributed by atoms with E-state index >= 15 is 0 Å². The number of carbonyl (C=O) groups excluding carboxylic acids is 9. The van der Waals surface area contributed by atoms with E-state index in [-0.39, 0.29) is 36.8 Å². The fourth-order valence-corrected chi connectivity index (χ4v) is 7.81. The van der Waals surface area contributed by atoms with Gasteiger partial charge in [-0.3, -0.25) is 53.1 Å². The number of nitrogens with two attached hydrogens (primary N) is 2. The van der Waals surface area contributed by atoms with Gasteiger partial charge in [0.05, 0.1) is 18.2 Å². The summed E-state index contributed by atoms with van der Waals surface area (Å²) in [7, 11) is 0. The maximum Gasteiger partial charge on any atom is 0.253 e. The summed E-state index contributed by atoms with van der Waals surface area (Å²) >= 11 is 0. The van der Waals surface area contributed by atoms with Crippen molar-refractivity contribution in [3.63, 3.8) is 0 Å². The lowest BCUT2D eigenvalue weighted by Gasteiger charge is -2.32. The van der Waals surface area contributed by atoms with Crippen molar-refractivity contribution in [1.29, 1.82) is 0 Å². The van der Waals surface area contributed by atoms with Crippen LogP contribution >= 0.6 is 0 Å². The van der Waals surface area contributed by atoms with Crippen LogP contribution in [0.2, 0.25) is 0 Å². The van der Waals surface area contributed by atoms with Gasteiger partial charge in [-0.05, 0) is 82.8 Å². The first kappa shape index (κ1) is 60.7. The second-order valence-electron chi connectivity index (χ2n) is 18.6. The molecule has 0 unspecified atom stereocenters. The fraction of sp³-hybridized carbons (Fsp3) is 0.688. The number of aryl methyl sites for hydroxylation is 1. The van der Waals surface area contributed by atoms with Crippen molar-refractivity contribution < 1.29 is 48.3 Å². The van der Waals surface area contributed by atoms with Crippen molar-refractivity contribution in [2.45, 2.75) is 169 Å². The van der Waals surface area contributed by atoms with E-state index in [0.717, 1.165) is 0 Å². The lowest BCUT2D eigenvalue weighted by atomic mass is 9.95. The van der Waals surface area contributed by atoms with Gasteiger partial charge < -0.3 is 64.0 Å². The molecule has 398 valence electrons. The first-order valence-corrected chi connectivity index (χ1v) is 24.8. The van der Waals surface area contributed by atoms with E-state index in [2.05, 4.69) is 52.5 Å². The third kappa shape index (κ3) is 19.4. The van der Waals surface area contributed by atoms with Crippen molar-refractivity contribution in [3.8, 4) is 0 Å². The Morgan fingerprint density at radius 2 is 1.30 bits per heavy atom. The van der Waals surface area contributed by atoms with E-state index in [0.29, 0.717) is 57.3 Å². The molecule has 1 aliphatic rings. The Labute approximate surface area is 417 Å². The summed E-state index contributed by atoms with van der Waals surface area (Å²) in [6, 6.07) is -5.03. The van der Waals surface area contributed by atoms with Crippen LogP contribution in [0.25, 0.3) is 0 Å². The highest BCUT2D eigenvalue weighted by atomic mass is 16.3. The highest BCUT2D eigenvalue weighted by molar-refractivity contribution is 5.99. The molecule has 1 aromatic rings. The number of nitrogens with zero attached hydrogens (tertiary/aromatic N) is 3. The average Bonchev–Trinajstić information content (AvgIpc) is 3.83. The summed E-state index contributed by atoms with van der Waals surface area (Å²) in [6.45, 7) is 17.4. The summed E-state index contributed by atoms with van der Waals surface area (Å²) in [5.74, 6) is -7.39. The monoisotopic (exact) mass is 1000 g/mol. The number of pyridine rings is 1. The first-order chi connectivity index (χ1) is 33.5. The number of aliphatic hydroxyl groups is 1. The zero-order valence-corrected chi connectivity index (χ0v) is 43.2. The number of guanidine groups is 1. The number of nitrogens with one attached hydrogen (secondary N) is 8. The van der Waals surface area contributed by atoms with Gasteiger partial charge in [-0.25, -0.2) is 0 Å². The Morgan fingerprint density at radius 1 is 0.732 bits per heavy atom. The summed E-state index contributed by atoms with van der Waals surface area (Å²) in [5.41, 5.74) is 12.0. The number of likely N-dealkylation sites (N-methyl/N-ethyl adjacent to an activating group) is 1. The van der Waals surface area contributed by atoms with Gasteiger partial charge in [0.1, 0.15) is 42.3 Å². The molecule has 10 atom stereocenters. The molecule has 0 spiro atoms. The van der Waals surface area contributed by atoms with E-state index in [1.165, 1.54) is 18.0 Å². The molecule has 1 fully saturated rings. The van der Waals surface area contributed by atoms with Crippen molar-refractivity contribution in [2.24, 2.45) is 34.2 Å². The minimum Gasteiger partial charge on any atom is -0.391 e. The Balaban J connectivity index is 2.27. The van der Waals surface area contributed by atoms with E-state index < -0.39 is 120 Å². The molecule has 23 nitrogen and oxygen atoms in total. The molecule has 1 aliphatic heterocycles. The minimum atomic E-state index is -1.61. The van der Waals surface area contributed by atoms with Gasteiger partial charge in [0.25, 0.3) is 5.91 Å². The van der Waals surface area contributed by atoms with Crippen molar-refractivity contribution in [3.05, 3.63) is 29.6 Å². The Hall–Kier alpha value is -6.39. The van der Waals surface area contributed by atoms with Crippen LogP contribution in [-0.2, 0) is 38.4 Å². The highest BCUT2D eigenvalue weighted by Crippen LogP contribution is 2.21. The van der Waals surface area contributed by atoms with Crippen molar-refractivity contribution >= 4 is 59.1 Å². The van der Waals surface area contributed by atoms with Crippen LogP contribution in [0, 0.1) is 24.7 Å². The average molecular weight is 1000 g/mol. The Morgan fingerprint density at radius 3 is 1.83 bits per heavy atom. The van der Waals surface area contributed by atoms with Crippen LogP contribution in [0.4, 0.5) is 0 Å². The largest absolute Gasteiger partial charge is 0.391 e. The quantitative estimate of drug-likeness (QED) is 0.0265. The molecule has 2 heterocycles. The molecule has 13 N–H and O–H groups in total. The van der Waals surface area contributed by atoms with Gasteiger partial charge in [-0.15, -0.1) is 0 Å². The summed E-state index contributed by atoms with van der Waals surface area (Å²) in [6.07, 6.45) is 2.66. The first-order valence-electron chi connectivity index (χ1n) is 24.8. The molecule has 0 aliphatic carbocycles. The molecular formula is C48H81N13O10. The van der Waals surface area contributed by atoms with Gasteiger partial charge in [0, 0.05) is 31.5 Å². The van der Waals surface area contributed by atoms with Crippen LogP contribution in [-0.4, -0.2) is 149 Å². The number of aromatic nitrogens is 1. The maximum absolute atomic E-state index is 14.2. The second-order valence-corrected chi connectivity index (χ2v) is 18.6. The van der Waals surface area contributed by atoms with E-state index in [4.69, 9.17) is 11.5 Å². The van der Waals surface area contributed by atoms with Gasteiger partial charge in [0.2, 0.25) is 47.3 Å². The second kappa shape index (κ2) is 30.4. The zero-order chi connectivity index (χ0) is 53.5. The molecule has 1 aromatic heterocycles. The number of amides is 9. The molecule has 0 aromatic carbocycles. The molecular weight excluding hydrogens is 919 g/mol. The van der Waals surface area contributed by atoms with E-state index in [1.54, 1.807) is 67.5 Å². The number of rotatable bonds is 29. The van der Waals surface area contributed by atoms with E-state index in [9.17, 15) is 48.3 Å². The molecule has 71 heavy (non-hydrogen) atoms. The molecule has 1 saturated heterocycles. The minimum absolute atomic E-state index is 0.0929. The predicted molar refractivity (Wildman–Crippen MR) is 267 cm³/mol. The predicted octanol–water partition coefficient (Wildman–Crippen LogP) is -0.862. The molecule has 2 rings (SSSR count). The van der Waals surface area contributed by atoms with Crippen LogP contribution in [0.3, 0.4) is 0 Å². The maximum atomic E-state index is 14.2. The van der Waals surface area contributed by atoms with Crippen LogP contribution < -0.4 is 54.0 Å². The topological polar surface area (TPSA) is 351 Å². The van der Waals surface area contributed by atoms with Gasteiger partial charge in [-0.2, -0.15) is 0 Å². The number of hydrogen-bond acceptors (Lipinski definition) is 12. The summed E-state index contributed by atoms with van der Waals surface area (Å²) < 4.78 is 0. The highest BCUT2D eigenvalue weighted by Gasteiger charge is 2.40. The number of aliphatic imine (C=N–C) groups is 1. The number of aliphatic hydroxyl groups excluding tert-OH is 1. The lowest BCUT2D eigenvalue weighted by Crippen LogP contribution is -2.63. The summed E-state index contributed by atoms with van der Waals surface area (Å²) in [4.78, 5) is 132. The molecule has 9 amide bonds. The van der Waals surface area contributed by atoms with Crippen molar-refractivity contribution in [2.75, 3.05) is 26.2 Å². The lowest BCUT2D eigenvalue weighted by molar-refractivity contribution is -0.142. The van der Waals surface area contributed by atoms with Crippen molar-refractivity contribution in [1.82, 2.24) is 52.4 Å². The van der Waals surface area contributed by atoms with Crippen LogP contribution in [0.15, 0.2) is 23.3 Å². The van der Waals surface area contributed by atoms with E-state index in [1.807, 2.05) is 6.92 Å². The standard InChI is InChI=1S/C48H81N13O10/c1-11-17-32(41(65)58-37(27(7)12-2)44(68)56-33(18-15-22-52-48(49)50)47(71)61-23-16-19-34(61)42(66)51-14-4)55-46(70)39(30(10)62)60-45(69)38(28(8)13-3)59-43(67)36(26(5)6)57-35(63)25-54-40(64)31-21-20-29(9)53-24-31/h20-21,24,26-28,30,32-34,36-39,62H,11-19,22-23,25H2,1-10H3,(H,51,66)(H,54,64)(H,55,70)(H,56,68)(H,57,63)(H,58,65)(H,59,67)(H,60,69)(H4,49,50,52)/t27-,28-,30+,32-,33-,34-,36-,37-,38+,39-/m0/s1. The van der Waals surface area contributed by atoms with Gasteiger partial charge in [-0.1, -0.05) is 67.7 Å². The smallest absolute Gasteiger partial charge is 0.253 e. The third-order valence-electron chi connectivity index (χ3n) is 12.5. The third-order valence-corrected chi connectivity index (χ3v) is 12.5. The molecule has 0 radical (unpaired) electrons. The normalized spacial score (nSPS) is 17.1. The Bertz CT molecular complexity index is 2000. The number of carbonyl (C=O) groups is 9. The van der Waals surface area contributed by atoms with Crippen LogP contribution in [0.1, 0.15) is 130 Å². The summed E-state index contributed by atoms with van der Waals surface area (Å²) in [5, 5.41) is 32.1. The van der Waals surface area contributed by atoms with Gasteiger partial charge >= 0.3 is 0 Å². The Kier molecular flexibility index (Phi) is 26.0. The molecule has 0 bridgehead atoms. The molecule has 23 heteroatoms.